The van der Waals surface area contributed by atoms with E-state index >= 15 is 0 Å². The number of ether oxygens (including phenoxy) is 1. The zero-order valence-electron chi connectivity index (χ0n) is 9.84. The lowest BCUT2D eigenvalue weighted by molar-refractivity contribution is -0.119. The van der Waals surface area contributed by atoms with Gasteiger partial charge < -0.3 is 10.1 Å². The van der Waals surface area contributed by atoms with Gasteiger partial charge in [0, 0.05) is 25.1 Å². The van der Waals surface area contributed by atoms with Gasteiger partial charge in [-0.25, -0.2) is 13.1 Å². The van der Waals surface area contributed by atoms with E-state index in [4.69, 9.17) is 4.74 Å². The third kappa shape index (κ3) is 2.80. The Labute approximate surface area is 105 Å². The molecule has 1 fully saturated rings. The Morgan fingerprint density at radius 2 is 2.22 bits per heavy atom. The zero-order valence-corrected chi connectivity index (χ0v) is 10.7. The van der Waals surface area contributed by atoms with Crippen molar-refractivity contribution in [3.05, 3.63) is 24.3 Å². The fourth-order valence-electron chi connectivity index (χ4n) is 1.74. The van der Waals surface area contributed by atoms with Gasteiger partial charge in [-0.3, -0.25) is 4.79 Å². The zero-order chi connectivity index (χ0) is 13.2. The number of amides is 1. The van der Waals surface area contributed by atoms with Crippen molar-refractivity contribution in [2.45, 2.75) is 17.4 Å². The monoisotopic (exact) mass is 270 g/mol. The Balaban J connectivity index is 2.17. The average molecular weight is 270 g/mol. The topological polar surface area (TPSA) is 84.5 Å². The first-order valence-corrected chi connectivity index (χ1v) is 6.92. The van der Waals surface area contributed by atoms with Gasteiger partial charge in [0.05, 0.1) is 12.0 Å². The van der Waals surface area contributed by atoms with E-state index in [1.165, 1.54) is 19.2 Å². The van der Waals surface area contributed by atoms with Gasteiger partial charge >= 0.3 is 0 Å². The molecule has 0 saturated carbocycles. The normalized spacial score (nSPS) is 19.6. The number of benzene rings is 1. The molecular weight excluding hydrogens is 256 g/mol. The lowest BCUT2D eigenvalue weighted by Gasteiger charge is -2.11. The van der Waals surface area contributed by atoms with E-state index in [2.05, 4.69) is 10.0 Å². The first kappa shape index (κ1) is 12.8. The van der Waals surface area contributed by atoms with Gasteiger partial charge in [-0.2, -0.15) is 0 Å². The molecule has 1 aromatic rings. The van der Waals surface area contributed by atoms with Crippen LogP contribution in [-0.2, 0) is 14.8 Å². The SMILES string of the molecule is COc1cccc(S(=O)(=O)NC2CNC(=O)C2)c1. The van der Waals surface area contributed by atoms with Crippen molar-refractivity contribution in [1.29, 1.82) is 0 Å². The number of rotatable bonds is 4. The summed E-state index contributed by atoms with van der Waals surface area (Å²) in [4.78, 5) is 11.1. The number of sulfonamides is 1. The molecule has 0 spiro atoms. The molecule has 1 unspecified atom stereocenters. The van der Waals surface area contributed by atoms with E-state index in [0.29, 0.717) is 12.3 Å². The van der Waals surface area contributed by atoms with Crippen molar-refractivity contribution in [3.63, 3.8) is 0 Å². The molecule has 0 aromatic heterocycles. The van der Waals surface area contributed by atoms with Gasteiger partial charge in [0.2, 0.25) is 15.9 Å². The smallest absolute Gasteiger partial charge is 0.241 e. The van der Waals surface area contributed by atoms with Crippen molar-refractivity contribution < 1.29 is 17.9 Å². The van der Waals surface area contributed by atoms with Crippen LogP contribution in [0.5, 0.6) is 5.75 Å². The van der Waals surface area contributed by atoms with E-state index in [1.807, 2.05) is 0 Å². The van der Waals surface area contributed by atoms with Crippen LogP contribution in [0.4, 0.5) is 0 Å². The predicted molar refractivity (Wildman–Crippen MR) is 64.7 cm³/mol. The van der Waals surface area contributed by atoms with Crippen LogP contribution in [0.3, 0.4) is 0 Å². The number of carbonyl (C=O) groups excluding carboxylic acids is 1. The third-order valence-electron chi connectivity index (χ3n) is 2.65. The van der Waals surface area contributed by atoms with Gasteiger partial charge in [-0.1, -0.05) is 6.07 Å². The van der Waals surface area contributed by atoms with Crippen LogP contribution in [0.25, 0.3) is 0 Å². The molecule has 0 bridgehead atoms. The van der Waals surface area contributed by atoms with E-state index in [-0.39, 0.29) is 17.2 Å². The quantitative estimate of drug-likeness (QED) is 0.797. The summed E-state index contributed by atoms with van der Waals surface area (Å²) in [5.41, 5.74) is 0. The van der Waals surface area contributed by atoms with Crippen LogP contribution in [0.15, 0.2) is 29.2 Å². The highest BCUT2D eigenvalue weighted by Gasteiger charge is 2.26. The molecule has 18 heavy (non-hydrogen) atoms. The molecular formula is C11H14N2O4S. The molecule has 0 aliphatic carbocycles. The second-order valence-corrected chi connectivity index (χ2v) is 5.72. The van der Waals surface area contributed by atoms with Crippen molar-refractivity contribution in [1.82, 2.24) is 10.0 Å². The Morgan fingerprint density at radius 1 is 1.44 bits per heavy atom. The minimum absolute atomic E-state index is 0.126. The second-order valence-electron chi connectivity index (χ2n) is 4.01. The highest BCUT2D eigenvalue weighted by atomic mass is 32.2. The van der Waals surface area contributed by atoms with Gasteiger partial charge in [-0.05, 0) is 12.1 Å². The molecule has 6 nitrogen and oxygen atoms in total. The van der Waals surface area contributed by atoms with E-state index in [1.54, 1.807) is 12.1 Å². The summed E-state index contributed by atoms with van der Waals surface area (Å²) in [5.74, 6) is 0.326. The van der Waals surface area contributed by atoms with E-state index in [9.17, 15) is 13.2 Å². The number of nitrogens with one attached hydrogen (secondary N) is 2. The summed E-state index contributed by atoms with van der Waals surface area (Å²) >= 11 is 0. The molecule has 1 heterocycles. The molecule has 1 amide bonds. The maximum atomic E-state index is 12.1. The fourth-order valence-corrected chi connectivity index (χ4v) is 3.01. The van der Waals surface area contributed by atoms with E-state index < -0.39 is 16.1 Å². The Kier molecular flexibility index (Phi) is 3.53. The van der Waals surface area contributed by atoms with E-state index in [0.717, 1.165) is 0 Å². The van der Waals surface area contributed by atoms with Crippen LogP contribution in [0.2, 0.25) is 0 Å². The highest BCUT2D eigenvalue weighted by molar-refractivity contribution is 7.89. The summed E-state index contributed by atoms with van der Waals surface area (Å²) in [6, 6.07) is 5.79. The Morgan fingerprint density at radius 3 is 2.83 bits per heavy atom. The summed E-state index contributed by atoms with van der Waals surface area (Å²) in [6.45, 7) is 0.321. The predicted octanol–water partition coefficient (Wildman–Crippen LogP) is -0.138. The molecule has 1 atom stereocenters. The lowest BCUT2D eigenvalue weighted by atomic mass is 10.3. The number of carbonyl (C=O) groups is 1. The van der Waals surface area contributed by atoms with Gasteiger partial charge in [0.1, 0.15) is 5.75 Å². The maximum absolute atomic E-state index is 12.1. The van der Waals surface area contributed by atoms with Crippen molar-refractivity contribution in [3.8, 4) is 5.75 Å². The molecule has 1 aromatic carbocycles. The molecule has 1 saturated heterocycles. The summed E-state index contributed by atoms with van der Waals surface area (Å²) < 4.78 is 31.6. The Hall–Kier alpha value is -1.60. The minimum Gasteiger partial charge on any atom is -0.497 e. The van der Waals surface area contributed by atoms with Crippen molar-refractivity contribution in [2.75, 3.05) is 13.7 Å². The molecule has 1 aliphatic rings. The summed E-state index contributed by atoms with van der Waals surface area (Å²) in [7, 11) is -2.15. The van der Waals surface area contributed by atoms with Crippen LogP contribution in [0.1, 0.15) is 6.42 Å². The van der Waals surface area contributed by atoms with Crippen molar-refractivity contribution >= 4 is 15.9 Å². The van der Waals surface area contributed by atoms with Crippen LogP contribution in [-0.4, -0.2) is 34.0 Å². The van der Waals surface area contributed by atoms with Crippen LogP contribution >= 0.6 is 0 Å². The molecule has 7 heteroatoms. The van der Waals surface area contributed by atoms with Crippen LogP contribution < -0.4 is 14.8 Å². The number of hydrogen-bond donors (Lipinski definition) is 2. The summed E-state index contributed by atoms with van der Waals surface area (Å²) in [5, 5.41) is 2.58. The van der Waals surface area contributed by atoms with Gasteiger partial charge in [-0.15, -0.1) is 0 Å². The minimum atomic E-state index is -3.62. The first-order chi connectivity index (χ1) is 8.51. The second kappa shape index (κ2) is 4.95. The maximum Gasteiger partial charge on any atom is 0.241 e. The lowest BCUT2D eigenvalue weighted by Crippen LogP contribution is -2.36. The first-order valence-electron chi connectivity index (χ1n) is 5.44. The fraction of sp³-hybridized carbons (Fsp3) is 0.364. The average Bonchev–Trinajstić information content (AvgIpc) is 2.74. The molecule has 98 valence electrons. The summed E-state index contributed by atoms with van der Waals surface area (Å²) in [6.07, 6.45) is 0.170. The third-order valence-corrected chi connectivity index (χ3v) is 4.17. The van der Waals surface area contributed by atoms with Crippen molar-refractivity contribution in [2.24, 2.45) is 0 Å². The highest BCUT2D eigenvalue weighted by Crippen LogP contribution is 2.17. The van der Waals surface area contributed by atoms with Gasteiger partial charge in [0.25, 0.3) is 0 Å². The molecule has 0 radical (unpaired) electrons. The van der Waals surface area contributed by atoms with Crippen LogP contribution in [0, 0.1) is 0 Å². The molecule has 1 aliphatic heterocycles. The number of hydrogen-bond acceptors (Lipinski definition) is 4. The standard InChI is InChI=1S/C11H14N2O4S/c1-17-9-3-2-4-10(6-9)18(15,16)13-8-5-11(14)12-7-8/h2-4,6,8,13H,5,7H2,1H3,(H,12,14). The van der Waals surface area contributed by atoms with Gasteiger partial charge in [0.15, 0.2) is 0 Å². The largest absolute Gasteiger partial charge is 0.497 e. The molecule has 2 N–H and O–H groups in total. The number of methoxy groups -OCH3 is 1. The Bertz CT molecular complexity index is 556. The molecule has 2 rings (SSSR count).